The minimum atomic E-state index is -2.90. The van der Waals surface area contributed by atoms with Gasteiger partial charge in [-0.25, -0.2) is 8.42 Å². The molecular formula is C6H9Cl3N2O2S. The Kier molecular flexibility index (Phi) is 3.91. The third-order valence-corrected chi connectivity index (χ3v) is 3.76. The molecule has 4 nitrogen and oxygen atoms in total. The summed E-state index contributed by atoms with van der Waals surface area (Å²) in [6.07, 6.45) is 1.64. The molecule has 1 fully saturated rings. The third-order valence-electron chi connectivity index (χ3n) is 1.70. The number of hydrogen-bond donors (Lipinski definition) is 1. The first kappa shape index (κ1) is 12.4. The summed E-state index contributed by atoms with van der Waals surface area (Å²) in [6.45, 7) is 0. The summed E-state index contributed by atoms with van der Waals surface area (Å²) in [4.78, 5) is 0. The van der Waals surface area contributed by atoms with Gasteiger partial charge in [0.15, 0.2) is 9.84 Å². The van der Waals surface area contributed by atoms with Crippen LogP contribution in [0.15, 0.2) is 5.10 Å². The zero-order chi connectivity index (χ0) is 10.8. The molecule has 0 bridgehead atoms. The Labute approximate surface area is 97.5 Å². The summed E-state index contributed by atoms with van der Waals surface area (Å²) < 4.78 is 20.5. The summed E-state index contributed by atoms with van der Waals surface area (Å²) in [5.41, 5.74) is 2.63. The first-order valence-corrected chi connectivity index (χ1v) is 6.81. The van der Waals surface area contributed by atoms with Gasteiger partial charge in [0.2, 0.25) is 3.79 Å². The number of hydrazone groups is 1. The van der Waals surface area contributed by atoms with Gasteiger partial charge in [0.1, 0.15) is 0 Å². The number of nitrogens with one attached hydrogen (secondary N) is 1. The maximum absolute atomic E-state index is 11.0. The second-order valence-corrected chi connectivity index (χ2v) is 7.63. The van der Waals surface area contributed by atoms with Crippen molar-refractivity contribution in [1.29, 1.82) is 0 Å². The van der Waals surface area contributed by atoms with Gasteiger partial charge in [-0.2, -0.15) is 5.10 Å². The van der Waals surface area contributed by atoms with E-state index in [1.807, 2.05) is 0 Å². The topological polar surface area (TPSA) is 58.5 Å². The molecule has 0 amide bonds. The van der Waals surface area contributed by atoms with Gasteiger partial charge in [-0.3, -0.25) is 0 Å². The van der Waals surface area contributed by atoms with Crippen LogP contribution in [0.5, 0.6) is 0 Å². The summed E-state index contributed by atoms with van der Waals surface area (Å²) in [6, 6.07) is -0.177. The lowest BCUT2D eigenvalue weighted by Crippen LogP contribution is -2.26. The van der Waals surface area contributed by atoms with Crippen LogP contribution in [0, 0.1) is 0 Å². The van der Waals surface area contributed by atoms with Crippen LogP contribution in [-0.2, 0) is 9.84 Å². The molecule has 1 N–H and O–H groups in total. The molecule has 8 heteroatoms. The number of halogens is 3. The van der Waals surface area contributed by atoms with Crippen LogP contribution in [-0.4, -0.2) is 36.0 Å². The Morgan fingerprint density at radius 1 is 1.43 bits per heavy atom. The SMILES string of the molecule is O=S1(=O)CCC(NN=CC(Cl)(Cl)Cl)C1. The van der Waals surface area contributed by atoms with Crippen LogP contribution < -0.4 is 5.43 Å². The second kappa shape index (κ2) is 4.43. The lowest BCUT2D eigenvalue weighted by Gasteiger charge is -2.07. The standard InChI is InChI=1S/C6H9Cl3N2O2S/c7-6(8,9)4-10-11-5-1-2-14(12,13)3-5/h4-5,11H,1-3H2. The van der Waals surface area contributed by atoms with Crippen molar-refractivity contribution < 1.29 is 8.42 Å². The normalized spacial score (nSPS) is 26.9. The largest absolute Gasteiger partial charge is 0.306 e. The van der Waals surface area contributed by atoms with Crippen molar-refractivity contribution in [3.05, 3.63) is 0 Å². The molecule has 82 valence electrons. The number of sulfone groups is 1. The van der Waals surface area contributed by atoms with E-state index in [-0.39, 0.29) is 17.5 Å². The van der Waals surface area contributed by atoms with E-state index in [0.717, 1.165) is 6.21 Å². The molecule has 0 aliphatic carbocycles. The molecule has 1 aliphatic heterocycles. The van der Waals surface area contributed by atoms with E-state index in [9.17, 15) is 8.42 Å². The van der Waals surface area contributed by atoms with Gasteiger partial charge in [0.25, 0.3) is 0 Å². The van der Waals surface area contributed by atoms with Crippen LogP contribution in [0.2, 0.25) is 0 Å². The fourth-order valence-electron chi connectivity index (χ4n) is 1.11. The second-order valence-electron chi connectivity index (χ2n) is 3.03. The van der Waals surface area contributed by atoms with Gasteiger partial charge in [0.05, 0.1) is 23.8 Å². The Morgan fingerprint density at radius 2 is 2.07 bits per heavy atom. The molecule has 1 heterocycles. The summed E-state index contributed by atoms with van der Waals surface area (Å²) in [5, 5.41) is 3.65. The van der Waals surface area contributed by atoms with Crippen molar-refractivity contribution >= 4 is 50.9 Å². The van der Waals surface area contributed by atoms with Crippen LogP contribution in [0.4, 0.5) is 0 Å². The van der Waals surface area contributed by atoms with E-state index in [2.05, 4.69) is 10.5 Å². The molecule has 0 saturated carbocycles. The van der Waals surface area contributed by atoms with E-state index < -0.39 is 13.6 Å². The molecule has 0 aromatic carbocycles. The molecule has 1 saturated heterocycles. The van der Waals surface area contributed by atoms with Gasteiger partial charge in [-0.05, 0) is 6.42 Å². The summed E-state index contributed by atoms with van der Waals surface area (Å²) in [5.74, 6) is 0.276. The predicted molar refractivity (Wildman–Crippen MR) is 59.0 cm³/mol. The Balaban J connectivity index is 2.38. The van der Waals surface area contributed by atoms with Crippen molar-refractivity contribution in [3.8, 4) is 0 Å². The quantitative estimate of drug-likeness (QED) is 0.468. The number of rotatable bonds is 2. The predicted octanol–water partition coefficient (Wildman–Crippen LogP) is 1.12. The maximum Gasteiger partial charge on any atom is 0.227 e. The fraction of sp³-hybridized carbons (Fsp3) is 0.833. The third kappa shape index (κ3) is 4.68. The average Bonchev–Trinajstić information content (AvgIpc) is 2.27. The highest BCUT2D eigenvalue weighted by Gasteiger charge is 2.27. The number of hydrogen-bond acceptors (Lipinski definition) is 4. The molecule has 1 unspecified atom stereocenters. The molecule has 1 atom stereocenters. The lowest BCUT2D eigenvalue weighted by molar-refractivity contribution is 0.578. The van der Waals surface area contributed by atoms with Crippen molar-refractivity contribution in [1.82, 2.24) is 5.43 Å². The monoisotopic (exact) mass is 278 g/mol. The van der Waals surface area contributed by atoms with Crippen LogP contribution in [0.1, 0.15) is 6.42 Å². The minimum absolute atomic E-state index is 0.0875. The highest BCUT2D eigenvalue weighted by molar-refractivity contribution is 7.91. The van der Waals surface area contributed by atoms with E-state index >= 15 is 0 Å². The molecular weight excluding hydrogens is 271 g/mol. The van der Waals surface area contributed by atoms with E-state index in [4.69, 9.17) is 34.8 Å². The van der Waals surface area contributed by atoms with Gasteiger partial charge in [-0.1, -0.05) is 34.8 Å². The van der Waals surface area contributed by atoms with Crippen molar-refractivity contribution in [2.24, 2.45) is 5.10 Å². The number of alkyl halides is 3. The molecule has 1 aliphatic rings. The zero-order valence-electron chi connectivity index (χ0n) is 7.08. The maximum atomic E-state index is 11.0. The number of nitrogens with zero attached hydrogens (tertiary/aromatic N) is 1. The van der Waals surface area contributed by atoms with Gasteiger partial charge in [0, 0.05) is 0 Å². The fourth-order valence-corrected chi connectivity index (χ4v) is 2.92. The van der Waals surface area contributed by atoms with E-state index in [1.165, 1.54) is 0 Å². The first-order chi connectivity index (χ1) is 6.29. The van der Waals surface area contributed by atoms with Gasteiger partial charge < -0.3 is 5.43 Å². The Bertz CT molecular complexity index is 322. The highest BCUT2D eigenvalue weighted by atomic mass is 35.6. The van der Waals surface area contributed by atoms with Crippen molar-refractivity contribution in [3.63, 3.8) is 0 Å². The summed E-state index contributed by atoms with van der Waals surface area (Å²) >= 11 is 16.2. The first-order valence-electron chi connectivity index (χ1n) is 3.85. The van der Waals surface area contributed by atoms with Gasteiger partial charge >= 0.3 is 0 Å². The molecule has 1 rings (SSSR count). The van der Waals surface area contributed by atoms with Crippen LogP contribution in [0.25, 0.3) is 0 Å². The average molecular weight is 280 g/mol. The molecule has 0 aromatic rings. The van der Waals surface area contributed by atoms with Crippen LogP contribution in [0.3, 0.4) is 0 Å². The van der Waals surface area contributed by atoms with E-state index in [1.54, 1.807) is 0 Å². The lowest BCUT2D eigenvalue weighted by atomic mass is 10.3. The minimum Gasteiger partial charge on any atom is -0.306 e. The molecule has 0 spiro atoms. The van der Waals surface area contributed by atoms with Crippen molar-refractivity contribution in [2.75, 3.05) is 11.5 Å². The molecule has 14 heavy (non-hydrogen) atoms. The van der Waals surface area contributed by atoms with E-state index in [0.29, 0.717) is 6.42 Å². The van der Waals surface area contributed by atoms with Crippen molar-refractivity contribution in [2.45, 2.75) is 16.3 Å². The smallest absolute Gasteiger partial charge is 0.227 e. The van der Waals surface area contributed by atoms with Gasteiger partial charge in [-0.15, -0.1) is 0 Å². The highest BCUT2D eigenvalue weighted by Crippen LogP contribution is 2.22. The van der Waals surface area contributed by atoms with Crippen LogP contribution >= 0.6 is 34.8 Å². The zero-order valence-corrected chi connectivity index (χ0v) is 10.2. The Hall–Kier alpha value is 0.290. The Morgan fingerprint density at radius 3 is 2.50 bits per heavy atom. The summed E-state index contributed by atoms with van der Waals surface area (Å²) in [7, 11) is -2.90. The molecule has 0 aromatic heterocycles. The molecule has 0 radical (unpaired) electrons.